The molecule has 3 aromatic rings. The molecule has 6 nitrogen and oxygen atoms in total. The van der Waals surface area contributed by atoms with Crippen LogP contribution in [0.2, 0.25) is 10.0 Å². The van der Waals surface area contributed by atoms with Crippen molar-refractivity contribution in [3.8, 4) is 0 Å². The van der Waals surface area contributed by atoms with E-state index in [0.29, 0.717) is 34.5 Å². The van der Waals surface area contributed by atoms with E-state index in [0.717, 1.165) is 11.3 Å². The average molecular weight is 406 g/mol. The Morgan fingerprint density at radius 1 is 1.22 bits per heavy atom. The summed E-state index contributed by atoms with van der Waals surface area (Å²) in [5, 5.41) is 13.0. The molecule has 3 rings (SSSR count). The summed E-state index contributed by atoms with van der Waals surface area (Å²) in [7, 11) is 0. The van der Waals surface area contributed by atoms with Crippen molar-refractivity contribution in [3.05, 3.63) is 63.5 Å². The van der Waals surface area contributed by atoms with Crippen molar-refractivity contribution < 1.29 is 4.79 Å². The van der Waals surface area contributed by atoms with Gasteiger partial charge in [0.05, 0.1) is 23.0 Å². The van der Waals surface area contributed by atoms with Crippen molar-refractivity contribution in [1.82, 2.24) is 19.6 Å². The molecule has 1 amide bonds. The number of aryl methyl sites for hydroxylation is 1. The smallest absolute Gasteiger partial charge is 0.250 e. The lowest BCUT2D eigenvalue weighted by molar-refractivity contribution is -0.119. The predicted molar refractivity (Wildman–Crippen MR) is 107 cm³/mol. The lowest BCUT2D eigenvalue weighted by atomic mass is 10.2. The summed E-state index contributed by atoms with van der Waals surface area (Å²) < 4.78 is 3.43. The highest BCUT2D eigenvalue weighted by atomic mass is 35.5. The number of rotatable bonds is 6. The molecule has 0 aliphatic rings. The Morgan fingerprint density at radius 3 is 2.63 bits per heavy atom. The van der Waals surface area contributed by atoms with Gasteiger partial charge in [0.1, 0.15) is 6.04 Å². The fourth-order valence-corrected chi connectivity index (χ4v) is 3.30. The van der Waals surface area contributed by atoms with Crippen LogP contribution in [-0.2, 0) is 11.3 Å². The van der Waals surface area contributed by atoms with Crippen LogP contribution in [-0.4, -0.2) is 25.5 Å². The van der Waals surface area contributed by atoms with Crippen molar-refractivity contribution in [2.24, 2.45) is 0 Å². The third-order valence-electron chi connectivity index (χ3n) is 4.35. The number of halogens is 2. The van der Waals surface area contributed by atoms with Gasteiger partial charge in [0.2, 0.25) is 5.91 Å². The average Bonchev–Trinajstić information content (AvgIpc) is 3.16. The molecular weight excluding hydrogens is 385 g/mol. The van der Waals surface area contributed by atoms with Crippen LogP contribution in [0.4, 0.5) is 5.82 Å². The zero-order valence-electron chi connectivity index (χ0n) is 15.4. The lowest BCUT2D eigenvalue weighted by Gasteiger charge is -2.16. The Balaban J connectivity index is 1.72. The molecule has 0 radical (unpaired) electrons. The Labute approximate surface area is 168 Å². The first-order valence-corrected chi connectivity index (χ1v) is 9.44. The molecule has 2 heterocycles. The summed E-state index contributed by atoms with van der Waals surface area (Å²) in [6.07, 6.45) is 2.41. The van der Waals surface area contributed by atoms with Gasteiger partial charge in [-0.25, -0.2) is 0 Å². The molecule has 0 aliphatic carbocycles. The minimum atomic E-state index is -0.450. The van der Waals surface area contributed by atoms with Crippen molar-refractivity contribution in [1.29, 1.82) is 0 Å². The van der Waals surface area contributed by atoms with Crippen LogP contribution in [0.5, 0.6) is 0 Å². The van der Waals surface area contributed by atoms with Crippen LogP contribution in [0.3, 0.4) is 0 Å². The number of hydrogen-bond acceptors (Lipinski definition) is 3. The second kappa shape index (κ2) is 8.15. The monoisotopic (exact) mass is 405 g/mol. The third-order valence-corrected chi connectivity index (χ3v) is 5.13. The quantitative estimate of drug-likeness (QED) is 0.649. The molecule has 1 N–H and O–H groups in total. The SMILES string of the molecule is CCC(C(=O)Nc1ccn(Cc2cccc(Cl)c2)n1)n1nc(C)c(Cl)c1C. The van der Waals surface area contributed by atoms with E-state index in [2.05, 4.69) is 15.5 Å². The standard InChI is InChI=1S/C19H21Cl2N5O/c1-4-16(26-13(3)18(21)12(2)23-26)19(27)22-17-8-9-25(24-17)11-14-6-5-7-15(20)10-14/h5-10,16H,4,11H2,1-3H3,(H,22,24,27). The van der Waals surface area contributed by atoms with Crippen LogP contribution in [0.25, 0.3) is 0 Å². The summed E-state index contributed by atoms with van der Waals surface area (Å²) in [6.45, 7) is 6.19. The summed E-state index contributed by atoms with van der Waals surface area (Å²) in [4.78, 5) is 12.7. The van der Waals surface area contributed by atoms with Crippen LogP contribution < -0.4 is 5.32 Å². The van der Waals surface area contributed by atoms with Crippen LogP contribution in [0.15, 0.2) is 36.5 Å². The first kappa shape index (κ1) is 19.5. The summed E-state index contributed by atoms with van der Waals surface area (Å²) in [6, 6.07) is 8.91. The number of carbonyl (C=O) groups excluding carboxylic acids is 1. The predicted octanol–water partition coefficient (Wildman–Crippen LogP) is 4.64. The highest BCUT2D eigenvalue weighted by molar-refractivity contribution is 6.31. The van der Waals surface area contributed by atoms with Gasteiger partial charge in [-0.15, -0.1) is 0 Å². The molecule has 0 saturated carbocycles. The fraction of sp³-hybridized carbons (Fsp3) is 0.316. The van der Waals surface area contributed by atoms with Gasteiger partial charge in [-0.3, -0.25) is 14.2 Å². The van der Waals surface area contributed by atoms with Crippen molar-refractivity contribution in [2.45, 2.75) is 39.8 Å². The maximum absolute atomic E-state index is 12.7. The number of nitrogens with zero attached hydrogens (tertiary/aromatic N) is 4. The van der Waals surface area contributed by atoms with Gasteiger partial charge < -0.3 is 5.32 Å². The minimum absolute atomic E-state index is 0.173. The van der Waals surface area contributed by atoms with E-state index >= 15 is 0 Å². The Kier molecular flexibility index (Phi) is 5.87. The number of anilines is 1. The Morgan fingerprint density at radius 2 is 2.00 bits per heavy atom. The van der Waals surface area contributed by atoms with E-state index in [1.165, 1.54) is 0 Å². The third kappa shape index (κ3) is 4.34. The molecule has 8 heteroatoms. The number of carbonyl (C=O) groups is 1. The first-order valence-electron chi connectivity index (χ1n) is 8.69. The van der Waals surface area contributed by atoms with Gasteiger partial charge in [0.15, 0.2) is 5.82 Å². The molecule has 0 aliphatic heterocycles. The molecular formula is C19H21Cl2N5O. The highest BCUT2D eigenvalue weighted by Gasteiger charge is 2.23. The van der Waals surface area contributed by atoms with Gasteiger partial charge in [0, 0.05) is 17.3 Å². The first-order chi connectivity index (χ1) is 12.9. The lowest BCUT2D eigenvalue weighted by Crippen LogP contribution is -2.27. The molecule has 1 aromatic carbocycles. The number of hydrogen-bond donors (Lipinski definition) is 1. The number of aromatic nitrogens is 4. The fourth-order valence-electron chi connectivity index (χ4n) is 2.96. The molecule has 27 heavy (non-hydrogen) atoms. The minimum Gasteiger partial charge on any atom is -0.307 e. The van der Waals surface area contributed by atoms with Gasteiger partial charge in [0.25, 0.3) is 0 Å². The van der Waals surface area contributed by atoms with Crippen molar-refractivity contribution in [3.63, 3.8) is 0 Å². The maximum atomic E-state index is 12.7. The van der Waals surface area contributed by atoms with Crippen LogP contribution in [0, 0.1) is 13.8 Å². The second-order valence-corrected chi connectivity index (χ2v) is 7.19. The van der Waals surface area contributed by atoms with Gasteiger partial charge in [-0.2, -0.15) is 10.2 Å². The zero-order valence-corrected chi connectivity index (χ0v) is 16.9. The van der Waals surface area contributed by atoms with Gasteiger partial charge in [-0.1, -0.05) is 42.3 Å². The molecule has 0 spiro atoms. The van der Waals surface area contributed by atoms with Crippen LogP contribution >= 0.6 is 23.2 Å². The normalized spacial score (nSPS) is 12.2. The Hall–Kier alpha value is -2.31. The van der Waals surface area contributed by atoms with E-state index in [4.69, 9.17) is 23.2 Å². The van der Waals surface area contributed by atoms with Crippen LogP contribution in [0.1, 0.15) is 36.3 Å². The topological polar surface area (TPSA) is 64.7 Å². The van der Waals surface area contributed by atoms with E-state index in [9.17, 15) is 4.79 Å². The zero-order chi connectivity index (χ0) is 19.6. The van der Waals surface area contributed by atoms with E-state index in [-0.39, 0.29) is 5.91 Å². The largest absolute Gasteiger partial charge is 0.307 e. The number of amides is 1. The second-order valence-electron chi connectivity index (χ2n) is 6.37. The number of benzene rings is 1. The molecule has 142 valence electrons. The number of nitrogens with one attached hydrogen (secondary N) is 1. The maximum Gasteiger partial charge on any atom is 0.250 e. The summed E-state index contributed by atoms with van der Waals surface area (Å²) in [5.74, 6) is 0.320. The molecule has 0 bridgehead atoms. The van der Waals surface area contributed by atoms with Crippen molar-refractivity contribution >= 4 is 34.9 Å². The molecule has 2 aromatic heterocycles. The summed E-state index contributed by atoms with van der Waals surface area (Å²) in [5.41, 5.74) is 2.53. The Bertz CT molecular complexity index is 963. The van der Waals surface area contributed by atoms with E-state index < -0.39 is 6.04 Å². The molecule has 1 atom stereocenters. The van der Waals surface area contributed by atoms with Gasteiger partial charge in [-0.05, 0) is 38.0 Å². The highest BCUT2D eigenvalue weighted by Crippen LogP contribution is 2.24. The van der Waals surface area contributed by atoms with Gasteiger partial charge >= 0.3 is 0 Å². The molecule has 1 unspecified atom stereocenters. The van der Waals surface area contributed by atoms with E-state index in [1.54, 1.807) is 15.4 Å². The molecule has 0 fully saturated rings. The van der Waals surface area contributed by atoms with E-state index in [1.807, 2.05) is 51.2 Å². The summed E-state index contributed by atoms with van der Waals surface area (Å²) >= 11 is 12.2. The molecule has 0 saturated heterocycles. The van der Waals surface area contributed by atoms with Crippen molar-refractivity contribution in [2.75, 3.05) is 5.32 Å².